The zero-order valence-electron chi connectivity index (χ0n) is 51.6. The third-order valence-electron chi connectivity index (χ3n) is 16.7. The monoisotopic (exact) mass is 1120 g/mol. The lowest BCUT2D eigenvalue weighted by Crippen LogP contribution is -2.60. The molecule has 9 atom stereocenters. The van der Waals surface area contributed by atoms with E-state index in [1.165, 1.54) is 250 Å². The number of ether oxygens (including phenoxy) is 2. The number of aliphatic hydroxyl groups excluding tert-OH is 7. The highest BCUT2D eigenvalue weighted by Gasteiger charge is 2.44. The van der Waals surface area contributed by atoms with Gasteiger partial charge < -0.3 is 50.5 Å². The van der Waals surface area contributed by atoms with Crippen LogP contribution in [0.2, 0.25) is 0 Å². The first-order chi connectivity index (χ1) is 38.7. The molecule has 1 heterocycles. The first kappa shape index (κ1) is 75.6. The van der Waals surface area contributed by atoms with E-state index < -0.39 is 74.2 Å². The van der Waals surface area contributed by atoms with Gasteiger partial charge in [-0.25, -0.2) is 0 Å². The minimum atomic E-state index is -1.67. The van der Waals surface area contributed by atoms with Gasteiger partial charge in [-0.15, -0.1) is 0 Å². The van der Waals surface area contributed by atoms with E-state index in [1.807, 2.05) is 0 Å². The summed E-state index contributed by atoms with van der Waals surface area (Å²) in [6.07, 6.45) is 59.7. The fourth-order valence-corrected chi connectivity index (χ4v) is 11.2. The third kappa shape index (κ3) is 44.7. The van der Waals surface area contributed by atoms with Gasteiger partial charge in [0.05, 0.1) is 25.4 Å². The van der Waals surface area contributed by atoms with Crippen LogP contribution < -0.4 is 5.32 Å². The zero-order chi connectivity index (χ0) is 57.5. The fourth-order valence-electron chi connectivity index (χ4n) is 11.2. The highest BCUT2D eigenvalue weighted by Crippen LogP contribution is 2.24. The molecule has 1 amide bonds. The smallest absolute Gasteiger partial charge is 0.249 e. The molecule has 468 valence electrons. The SMILES string of the molecule is CCCCCCCCCCCCCC/C=C\CCCCCCCCCCC(O)C(=O)NC(COC1OC(CO)C(O)C(O)C1O)C(O)C(O)CCC/C=C/CCCCCCCCCCCCCCCCCCCCCCCCC. The van der Waals surface area contributed by atoms with Crippen LogP contribution in [-0.4, -0.2) is 110 Å². The predicted octanol–water partition coefficient (Wildman–Crippen LogP) is 16.0. The van der Waals surface area contributed by atoms with Crippen molar-refractivity contribution in [3.05, 3.63) is 24.3 Å². The van der Waals surface area contributed by atoms with Gasteiger partial charge in [0.1, 0.15) is 36.6 Å². The summed E-state index contributed by atoms with van der Waals surface area (Å²) in [5.41, 5.74) is 0. The molecular formula is C68H131NO10. The lowest BCUT2D eigenvalue weighted by atomic mass is 9.98. The van der Waals surface area contributed by atoms with Crippen molar-refractivity contribution in [1.29, 1.82) is 0 Å². The van der Waals surface area contributed by atoms with Gasteiger partial charge in [-0.1, -0.05) is 295 Å². The Balaban J connectivity index is 2.24. The van der Waals surface area contributed by atoms with Crippen molar-refractivity contribution >= 4 is 5.91 Å². The summed E-state index contributed by atoms with van der Waals surface area (Å²) < 4.78 is 11.2. The standard InChI is InChI=1S/C68H131NO10/c1-3-5-7-9-11-13-15-17-19-21-23-25-27-29-30-31-32-34-35-37-39-41-43-45-47-49-51-53-55-60(71)63(73)59(58-78-68-66(76)65(75)64(74)62(57-70)79-68)69-67(77)61(72)56-54-52-50-48-46-44-42-40-38-36-33-28-26-24-22-20-18-16-14-12-10-8-6-4-2/h33,36,47,49,59-66,68,70-76H,3-32,34-35,37-46,48,50-58H2,1-2H3,(H,69,77)/b36-33-,49-47+. The summed E-state index contributed by atoms with van der Waals surface area (Å²) in [5.74, 6) is -0.703. The minimum Gasteiger partial charge on any atom is -0.394 e. The van der Waals surface area contributed by atoms with Crippen molar-refractivity contribution in [2.45, 2.75) is 390 Å². The molecule has 11 nitrogen and oxygen atoms in total. The highest BCUT2D eigenvalue weighted by molar-refractivity contribution is 5.80. The summed E-state index contributed by atoms with van der Waals surface area (Å²) in [4.78, 5) is 13.2. The molecule has 0 aromatic rings. The molecular weight excluding hydrogens is 991 g/mol. The summed E-state index contributed by atoms with van der Waals surface area (Å²) in [7, 11) is 0. The first-order valence-electron chi connectivity index (χ1n) is 34.2. The van der Waals surface area contributed by atoms with E-state index in [9.17, 15) is 40.5 Å². The molecule has 1 fully saturated rings. The van der Waals surface area contributed by atoms with Crippen LogP contribution in [0.3, 0.4) is 0 Å². The van der Waals surface area contributed by atoms with E-state index in [2.05, 4.69) is 43.5 Å². The van der Waals surface area contributed by atoms with Gasteiger partial charge in [-0.05, 0) is 64.2 Å². The van der Waals surface area contributed by atoms with Gasteiger partial charge in [0.15, 0.2) is 6.29 Å². The molecule has 1 saturated heterocycles. The van der Waals surface area contributed by atoms with E-state index in [1.54, 1.807) is 0 Å². The number of nitrogens with one attached hydrogen (secondary N) is 1. The number of allylic oxidation sites excluding steroid dienone is 4. The van der Waals surface area contributed by atoms with Crippen LogP contribution in [0.25, 0.3) is 0 Å². The molecule has 1 aliphatic heterocycles. The van der Waals surface area contributed by atoms with Gasteiger partial charge >= 0.3 is 0 Å². The number of aliphatic hydroxyl groups is 7. The van der Waals surface area contributed by atoms with Crippen molar-refractivity contribution in [3.63, 3.8) is 0 Å². The molecule has 0 saturated carbocycles. The zero-order valence-corrected chi connectivity index (χ0v) is 51.6. The van der Waals surface area contributed by atoms with Crippen LogP contribution in [0.4, 0.5) is 0 Å². The summed E-state index contributed by atoms with van der Waals surface area (Å²) in [6.45, 7) is 3.50. The van der Waals surface area contributed by atoms with E-state index in [4.69, 9.17) is 9.47 Å². The van der Waals surface area contributed by atoms with Crippen LogP contribution in [0, 0.1) is 0 Å². The maximum Gasteiger partial charge on any atom is 0.249 e. The topological polar surface area (TPSA) is 189 Å². The third-order valence-corrected chi connectivity index (χ3v) is 16.7. The number of hydrogen-bond donors (Lipinski definition) is 8. The fraction of sp³-hybridized carbons (Fsp3) is 0.926. The second kappa shape index (κ2) is 57.0. The number of hydrogen-bond acceptors (Lipinski definition) is 10. The first-order valence-corrected chi connectivity index (χ1v) is 34.2. The second-order valence-corrected chi connectivity index (χ2v) is 24.2. The largest absolute Gasteiger partial charge is 0.394 e. The Morgan fingerprint density at radius 3 is 1.09 bits per heavy atom. The van der Waals surface area contributed by atoms with Crippen LogP contribution in [0.15, 0.2) is 24.3 Å². The maximum atomic E-state index is 13.2. The van der Waals surface area contributed by atoms with Gasteiger partial charge in [0.25, 0.3) is 0 Å². The van der Waals surface area contributed by atoms with Gasteiger partial charge in [0, 0.05) is 0 Å². The molecule has 0 radical (unpaired) electrons. The number of amides is 1. The highest BCUT2D eigenvalue weighted by atomic mass is 16.7. The van der Waals surface area contributed by atoms with Crippen molar-refractivity contribution in [1.82, 2.24) is 5.32 Å². The molecule has 79 heavy (non-hydrogen) atoms. The Kier molecular flexibility index (Phi) is 54.6. The lowest BCUT2D eigenvalue weighted by Gasteiger charge is -2.40. The molecule has 9 unspecified atom stereocenters. The Labute approximate surface area is 486 Å². The summed E-state index contributed by atoms with van der Waals surface area (Å²) >= 11 is 0. The Morgan fingerprint density at radius 1 is 0.430 bits per heavy atom. The molecule has 0 aliphatic carbocycles. The van der Waals surface area contributed by atoms with Crippen LogP contribution >= 0.6 is 0 Å². The van der Waals surface area contributed by atoms with Crippen molar-refractivity contribution < 1.29 is 50.0 Å². The van der Waals surface area contributed by atoms with Gasteiger partial charge in [-0.2, -0.15) is 0 Å². The molecule has 11 heteroatoms. The molecule has 0 bridgehead atoms. The average Bonchev–Trinajstić information content (AvgIpc) is 3.46. The van der Waals surface area contributed by atoms with E-state index in [-0.39, 0.29) is 12.8 Å². The quantitative estimate of drug-likeness (QED) is 0.0215. The van der Waals surface area contributed by atoms with E-state index in [0.717, 1.165) is 44.9 Å². The Bertz CT molecular complexity index is 1330. The van der Waals surface area contributed by atoms with E-state index >= 15 is 0 Å². The van der Waals surface area contributed by atoms with Crippen molar-refractivity contribution in [2.24, 2.45) is 0 Å². The number of carbonyl (C=O) groups is 1. The summed E-state index contributed by atoms with van der Waals surface area (Å²) in [5, 5.41) is 76.4. The second-order valence-electron chi connectivity index (χ2n) is 24.2. The lowest BCUT2D eigenvalue weighted by molar-refractivity contribution is -0.303. The molecule has 0 aromatic carbocycles. The van der Waals surface area contributed by atoms with Crippen LogP contribution in [0.5, 0.6) is 0 Å². The number of unbranched alkanes of at least 4 members (excludes halogenated alkanes) is 44. The van der Waals surface area contributed by atoms with Crippen LogP contribution in [-0.2, 0) is 14.3 Å². The van der Waals surface area contributed by atoms with Crippen LogP contribution in [0.1, 0.15) is 335 Å². The average molecular weight is 1120 g/mol. The van der Waals surface area contributed by atoms with Crippen molar-refractivity contribution in [3.8, 4) is 0 Å². The predicted molar refractivity (Wildman–Crippen MR) is 330 cm³/mol. The molecule has 0 aromatic heterocycles. The number of carbonyl (C=O) groups excluding carboxylic acids is 1. The Hall–Kier alpha value is -1.41. The van der Waals surface area contributed by atoms with Gasteiger partial charge in [-0.3, -0.25) is 4.79 Å². The normalized spacial score (nSPS) is 19.4. The molecule has 1 rings (SSSR count). The molecule has 1 aliphatic rings. The Morgan fingerprint density at radius 2 is 0.747 bits per heavy atom. The van der Waals surface area contributed by atoms with Gasteiger partial charge in [0.2, 0.25) is 5.91 Å². The minimum absolute atomic E-state index is 0.252. The summed E-state index contributed by atoms with van der Waals surface area (Å²) in [6, 6.07) is -1.19. The molecule has 0 spiro atoms. The van der Waals surface area contributed by atoms with E-state index in [0.29, 0.717) is 12.8 Å². The van der Waals surface area contributed by atoms with Crippen molar-refractivity contribution in [2.75, 3.05) is 13.2 Å². The maximum absolute atomic E-state index is 13.2. The number of rotatable bonds is 60. The molecule has 8 N–H and O–H groups in total.